The van der Waals surface area contributed by atoms with Gasteiger partial charge in [0, 0.05) is 0 Å². The van der Waals surface area contributed by atoms with E-state index in [9.17, 15) is 0 Å². The van der Waals surface area contributed by atoms with Crippen molar-refractivity contribution in [1.29, 1.82) is 0 Å². The number of benzene rings is 3. The molecule has 0 fully saturated rings. The van der Waals surface area contributed by atoms with E-state index in [2.05, 4.69) is 75.4 Å². The monoisotopic (exact) mass is 234 g/mol. The second kappa shape index (κ2) is 3.84. The van der Waals surface area contributed by atoms with Crippen LogP contribution >= 0.6 is 0 Å². The van der Waals surface area contributed by atoms with E-state index in [-0.39, 0.29) is 5.41 Å². The third kappa shape index (κ3) is 1.69. The molecule has 0 aromatic heterocycles. The van der Waals surface area contributed by atoms with E-state index < -0.39 is 0 Å². The van der Waals surface area contributed by atoms with Gasteiger partial charge >= 0.3 is 0 Å². The maximum atomic E-state index is 2.27. The molecule has 0 N–H and O–H groups in total. The minimum Gasteiger partial charge on any atom is -0.0616 e. The molecule has 0 spiro atoms. The molecule has 18 heavy (non-hydrogen) atoms. The van der Waals surface area contributed by atoms with Crippen LogP contribution in [-0.4, -0.2) is 0 Å². The second-order valence-corrected chi connectivity index (χ2v) is 5.94. The summed E-state index contributed by atoms with van der Waals surface area (Å²) in [5.74, 6) is 0. The van der Waals surface area contributed by atoms with Crippen LogP contribution in [0.5, 0.6) is 0 Å². The molecule has 3 aromatic carbocycles. The summed E-state index contributed by atoms with van der Waals surface area (Å²) in [6, 6.07) is 19.8. The lowest BCUT2D eigenvalue weighted by Gasteiger charge is -2.21. The molecule has 0 aliphatic carbocycles. The van der Waals surface area contributed by atoms with Crippen LogP contribution in [0.25, 0.3) is 21.5 Å². The molecule has 0 radical (unpaired) electrons. The zero-order chi connectivity index (χ0) is 12.8. The van der Waals surface area contributed by atoms with Crippen LogP contribution in [-0.2, 0) is 5.41 Å². The second-order valence-electron chi connectivity index (χ2n) is 5.94. The lowest BCUT2D eigenvalue weighted by atomic mass is 9.83. The lowest BCUT2D eigenvalue weighted by molar-refractivity contribution is 0.596. The fraction of sp³-hybridized carbons (Fsp3) is 0.222. The standard InChI is InChI=1S/C18H18/c1-18(2,3)17-10-6-9-15-14-8-5-4-7-13(14)11-12-16(15)17/h4-12H,1-3H3. The highest BCUT2D eigenvalue weighted by atomic mass is 14.2. The van der Waals surface area contributed by atoms with Gasteiger partial charge in [0.15, 0.2) is 0 Å². The van der Waals surface area contributed by atoms with Crippen molar-refractivity contribution < 1.29 is 0 Å². The average molecular weight is 234 g/mol. The Labute approximate surface area is 108 Å². The third-order valence-electron chi connectivity index (χ3n) is 3.59. The van der Waals surface area contributed by atoms with Crippen molar-refractivity contribution >= 4 is 21.5 Å². The van der Waals surface area contributed by atoms with Crippen molar-refractivity contribution in [3.05, 3.63) is 60.2 Å². The lowest BCUT2D eigenvalue weighted by Crippen LogP contribution is -2.11. The first-order chi connectivity index (χ1) is 8.57. The molecule has 0 heteroatoms. The summed E-state index contributed by atoms with van der Waals surface area (Å²) >= 11 is 0. The summed E-state index contributed by atoms with van der Waals surface area (Å²) in [4.78, 5) is 0. The molecule has 3 aromatic rings. The SMILES string of the molecule is CC(C)(C)c1cccc2c1ccc1ccccc12. The summed E-state index contributed by atoms with van der Waals surface area (Å²) in [5, 5.41) is 5.40. The van der Waals surface area contributed by atoms with Crippen molar-refractivity contribution in [3.63, 3.8) is 0 Å². The van der Waals surface area contributed by atoms with Gasteiger partial charge in [0.1, 0.15) is 0 Å². The Kier molecular flexibility index (Phi) is 2.41. The highest BCUT2D eigenvalue weighted by Crippen LogP contribution is 2.33. The van der Waals surface area contributed by atoms with E-state index in [1.54, 1.807) is 0 Å². The Balaban J connectivity index is 2.48. The summed E-state index contributed by atoms with van der Waals surface area (Å²) in [6.07, 6.45) is 0. The van der Waals surface area contributed by atoms with Crippen LogP contribution in [0.1, 0.15) is 26.3 Å². The van der Waals surface area contributed by atoms with Gasteiger partial charge in [0.2, 0.25) is 0 Å². The van der Waals surface area contributed by atoms with E-state index >= 15 is 0 Å². The Morgan fingerprint density at radius 2 is 1.33 bits per heavy atom. The Bertz CT molecular complexity index is 715. The molecule has 3 rings (SSSR count). The molecule has 0 heterocycles. The van der Waals surface area contributed by atoms with Crippen LogP contribution in [0.4, 0.5) is 0 Å². The van der Waals surface area contributed by atoms with E-state index in [1.165, 1.54) is 27.1 Å². The van der Waals surface area contributed by atoms with Crippen LogP contribution in [0.15, 0.2) is 54.6 Å². The van der Waals surface area contributed by atoms with Gasteiger partial charge in [0.05, 0.1) is 0 Å². The zero-order valence-electron chi connectivity index (χ0n) is 11.2. The van der Waals surface area contributed by atoms with Crippen LogP contribution in [0.3, 0.4) is 0 Å². The Hall–Kier alpha value is -1.82. The highest BCUT2D eigenvalue weighted by Gasteiger charge is 2.16. The average Bonchev–Trinajstić information content (AvgIpc) is 2.36. The summed E-state index contributed by atoms with van der Waals surface area (Å²) < 4.78 is 0. The molecular weight excluding hydrogens is 216 g/mol. The maximum absolute atomic E-state index is 2.27. The van der Waals surface area contributed by atoms with Crippen molar-refractivity contribution in [1.82, 2.24) is 0 Å². The predicted octanol–water partition coefficient (Wildman–Crippen LogP) is 5.29. The molecule has 0 bridgehead atoms. The van der Waals surface area contributed by atoms with Crippen LogP contribution in [0, 0.1) is 0 Å². The van der Waals surface area contributed by atoms with Gasteiger partial charge in [-0.15, -0.1) is 0 Å². The summed E-state index contributed by atoms with van der Waals surface area (Å²) in [6.45, 7) is 6.82. The molecule has 0 saturated carbocycles. The van der Waals surface area contributed by atoms with Gasteiger partial charge < -0.3 is 0 Å². The molecule has 90 valence electrons. The molecule has 0 aliphatic rings. The quantitative estimate of drug-likeness (QED) is 0.463. The van der Waals surface area contributed by atoms with E-state index in [0.717, 1.165) is 0 Å². The minimum absolute atomic E-state index is 0.183. The van der Waals surface area contributed by atoms with Gasteiger partial charge in [-0.05, 0) is 32.5 Å². The zero-order valence-corrected chi connectivity index (χ0v) is 11.2. The van der Waals surface area contributed by atoms with Gasteiger partial charge in [0.25, 0.3) is 0 Å². The summed E-state index contributed by atoms with van der Waals surface area (Å²) in [7, 11) is 0. The molecule has 0 aliphatic heterocycles. The van der Waals surface area contributed by atoms with Gasteiger partial charge in [-0.2, -0.15) is 0 Å². The number of fused-ring (bicyclic) bond motifs is 3. The summed E-state index contributed by atoms with van der Waals surface area (Å²) in [5.41, 5.74) is 1.60. The number of hydrogen-bond donors (Lipinski definition) is 0. The minimum atomic E-state index is 0.183. The third-order valence-corrected chi connectivity index (χ3v) is 3.59. The fourth-order valence-corrected chi connectivity index (χ4v) is 2.69. The Morgan fingerprint density at radius 1 is 0.611 bits per heavy atom. The maximum Gasteiger partial charge on any atom is -0.0102 e. The van der Waals surface area contributed by atoms with Gasteiger partial charge in [-0.25, -0.2) is 0 Å². The van der Waals surface area contributed by atoms with Crippen molar-refractivity contribution in [2.24, 2.45) is 0 Å². The van der Waals surface area contributed by atoms with Crippen molar-refractivity contribution in [3.8, 4) is 0 Å². The molecule has 0 atom stereocenters. The molecule has 0 nitrogen and oxygen atoms in total. The predicted molar refractivity (Wildman–Crippen MR) is 80.2 cm³/mol. The van der Waals surface area contributed by atoms with Crippen molar-refractivity contribution in [2.75, 3.05) is 0 Å². The first-order valence-corrected chi connectivity index (χ1v) is 6.48. The van der Waals surface area contributed by atoms with E-state index in [1.807, 2.05) is 0 Å². The molecular formula is C18H18. The van der Waals surface area contributed by atoms with Crippen LogP contribution in [0.2, 0.25) is 0 Å². The fourth-order valence-electron chi connectivity index (χ4n) is 2.69. The van der Waals surface area contributed by atoms with Gasteiger partial charge in [-0.1, -0.05) is 75.4 Å². The molecule has 0 unspecified atom stereocenters. The van der Waals surface area contributed by atoms with Crippen molar-refractivity contribution in [2.45, 2.75) is 26.2 Å². The smallest absolute Gasteiger partial charge is 0.0102 e. The highest BCUT2D eigenvalue weighted by molar-refractivity contribution is 6.08. The molecule has 0 saturated heterocycles. The van der Waals surface area contributed by atoms with Gasteiger partial charge in [-0.3, -0.25) is 0 Å². The number of rotatable bonds is 0. The first-order valence-electron chi connectivity index (χ1n) is 6.48. The number of hydrogen-bond acceptors (Lipinski definition) is 0. The van der Waals surface area contributed by atoms with Crippen LogP contribution < -0.4 is 0 Å². The van der Waals surface area contributed by atoms with E-state index in [0.29, 0.717) is 0 Å². The normalized spacial score (nSPS) is 12.2. The topological polar surface area (TPSA) is 0 Å². The molecule has 0 amide bonds. The largest absolute Gasteiger partial charge is 0.0616 e. The Morgan fingerprint density at radius 3 is 2.11 bits per heavy atom. The van der Waals surface area contributed by atoms with E-state index in [4.69, 9.17) is 0 Å². The first kappa shape index (κ1) is 11.3.